The Morgan fingerprint density at radius 2 is 2.19 bits per heavy atom. The average Bonchev–Trinajstić information content (AvgIpc) is 2.99. The van der Waals surface area contributed by atoms with Crippen LogP contribution < -0.4 is 5.32 Å². The van der Waals surface area contributed by atoms with Crippen molar-refractivity contribution in [3.8, 4) is 0 Å². The summed E-state index contributed by atoms with van der Waals surface area (Å²) in [6, 6.07) is 4.44. The van der Waals surface area contributed by atoms with Gasteiger partial charge in [-0.2, -0.15) is 0 Å². The highest BCUT2D eigenvalue weighted by Gasteiger charge is 2.24. The van der Waals surface area contributed by atoms with E-state index in [4.69, 9.17) is 11.6 Å². The molecule has 1 atom stereocenters. The van der Waals surface area contributed by atoms with Gasteiger partial charge in [-0.15, -0.1) is 11.3 Å². The molecule has 1 unspecified atom stereocenters. The Hall–Kier alpha value is -0.840. The van der Waals surface area contributed by atoms with Crippen molar-refractivity contribution in [2.24, 2.45) is 5.92 Å². The van der Waals surface area contributed by atoms with Crippen LogP contribution in [-0.4, -0.2) is 35.6 Å². The number of anilines is 1. The van der Waals surface area contributed by atoms with E-state index in [-0.39, 0.29) is 0 Å². The van der Waals surface area contributed by atoms with Gasteiger partial charge in [0.15, 0.2) is 0 Å². The number of hydrogen-bond acceptors (Lipinski definition) is 4. The van der Waals surface area contributed by atoms with E-state index < -0.39 is 0 Å². The van der Waals surface area contributed by atoms with E-state index in [1.165, 1.54) is 37.2 Å². The normalized spacial score (nSPS) is 19.0. The van der Waals surface area contributed by atoms with Crippen LogP contribution in [0, 0.1) is 5.92 Å². The van der Waals surface area contributed by atoms with Crippen molar-refractivity contribution in [2.75, 3.05) is 25.0 Å². The summed E-state index contributed by atoms with van der Waals surface area (Å²) in [6.45, 7) is 8.10. The number of nitrogens with zero attached hydrogens (tertiary/aromatic N) is 2. The van der Waals surface area contributed by atoms with Crippen LogP contribution in [0.2, 0.25) is 5.02 Å². The van der Waals surface area contributed by atoms with Gasteiger partial charge in [0.05, 0.1) is 20.9 Å². The number of likely N-dealkylation sites (tertiary alicyclic amines) is 1. The van der Waals surface area contributed by atoms with Crippen molar-refractivity contribution in [2.45, 2.75) is 32.7 Å². The number of rotatable bonds is 4. The molecule has 1 aromatic heterocycles. The maximum absolute atomic E-state index is 6.38. The lowest BCUT2D eigenvalue weighted by atomic mass is 9.90. The van der Waals surface area contributed by atoms with E-state index in [2.05, 4.69) is 29.0 Å². The lowest BCUT2D eigenvalue weighted by Crippen LogP contribution is -2.39. The fraction of sp³-hybridized carbons (Fsp3) is 0.562. The molecule has 0 saturated carbocycles. The second-order valence-corrected chi connectivity index (χ2v) is 7.12. The Morgan fingerprint density at radius 1 is 1.43 bits per heavy atom. The van der Waals surface area contributed by atoms with Crippen LogP contribution >= 0.6 is 22.9 Å². The van der Waals surface area contributed by atoms with Gasteiger partial charge in [-0.3, -0.25) is 0 Å². The van der Waals surface area contributed by atoms with Crippen molar-refractivity contribution >= 4 is 38.8 Å². The van der Waals surface area contributed by atoms with Gasteiger partial charge < -0.3 is 10.2 Å². The lowest BCUT2D eigenvalue weighted by Gasteiger charge is -2.35. The molecule has 1 aromatic carbocycles. The lowest BCUT2D eigenvalue weighted by molar-refractivity contribution is 0.183. The summed E-state index contributed by atoms with van der Waals surface area (Å²) >= 11 is 8.04. The number of fused-ring (bicyclic) bond motifs is 1. The largest absolute Gasteiger partial charge is 0.379 e. The molecule has 1 N–H and O–H groups in total. The van der Waals surface area contributed by atoms with Gasteiger partial charge in [-0.25, -0.2) is 4.98 Å². The first-order valence-corrected chi connectivity index (χ1v) is 8.95. The van der Waals surface area contributed by atoms with E-state index >= 15 is 0 Å². The number of aromatic nitrogens is 1. The first-order valence-electron chi connectivity index (χ1n) is 7.69. The quantitative estimate of drug-likeness (QED) is 0.899. The topological polar surface area (TPSA) is 28.2 Å². The van der Waals surface area contributed by atoms with E-state index in [9.17, 15) is 0 Å². The predicted octanol–water partition coefficient (Wildman–Crippen LogP) is 4.48. The van der Waals surface area contributed by atoms with E-state index in [1.54, 1.807) is 11.3 Å². The van der Waals surface area contributed by atoms with Gasteiger partial charge in [-0.05, 0) is 57.5 Å². The average molecular weight is 324 g/mol. The molecule has 3 rings (SSSR count). The number of nitrogens with one attached hydrogen (secondary N) is 1. The molecule has 0 amide bonds. The molecule has 0 radical (unpaired) electrons. The highest BCUT2D eigenvalue weighted by atomic mass is 35.5. The van der Waals surface area contributed by atoms with Crippen LogP contribution in [0.5, 0.6) is 0 Å². The fourth-order valence-corrected chi connectivity index (χ4v) is 4.05. The maximum Gasteiger partial charge on any atom is 0.106 e. The van der Waals surface area contributed by atoms with E-state index in [1.807, 2.05) is 17.6 Å². The Balaban J connectivity index is 1.73. The summed E-state index contributed by atoms with van der Waals surface area (Å²) in [5, 5.41) is 4.41. The minimum absolute atomic E-state index is 0.425. The highest BCUT2D eigenvalue weighted by molar-refractivity contribution is 7.16. The van der Waals surface area contributed by atoms with Gasteiger partial charge >= 0.3 is 0 Å². The third-order valence-corrected chi connectivity index (χ3v) is 5.72. The third kappa shape index (κ3) is 3.17. The summed E-state index contributed by atoms with van der Waals surface area (Å²) < 4.78 is 1.19. The Morgan fingerprint density at radius 3 is 2.90 bits per heavy atom. The molecule has 2 aromatic rings. The van der Waals surface area contributed by atoms with Crippen molar-refractivity contribution in [3.05, 3.63) is 22.7 Å². The molecule has 2 heterocycles. The van der Waals surface area contributed by atoms with Crippen molar-refractivity contribution in [3.63, 3.8) is 0 Å². The van der Waals surface area contributed by atoms with Crippen molar-refractivity contribution in [1.29, 1.82) is 0 Å². The van der Waals surface area contributed by atoms with Crippen LogP contribution in [0.3, 0.4) is 0 Å². The molecule has 114 valence electrons. The highest BCUT2D eigenvalue weighted by Crippen LogP contribution is 2.34. The minimum Gasteiger partial charge on any atom is -0.379 e. The first-order chi connectivity index (χ1) is 10.2. The molecular formula is C16H22ClN3S. The monoisotopic (exact) mass is 323 g/mol. The van der Waals surface area contributed by atoms with Crippen LogP contribution in [0.15, 0.2) is 17.6 Å². The Kier molecular flexibility index (Phi) is 4.67. The number of benzene rings is 1. The molecular weight excluding hydrogens is 302 g/mol. The Bertz CT molecular complexity index is 605. The van der Waals surface area contributed by atoms with Crippen LogP contribution in [0.25, 0.3) is 10.2 Å². The van der Waals surface area contributed by atoms with Gasteiger partial charge in [0.1, 0.15) is 5.52 Å². The minimum atomic E-state index is 0.425. The first kappa shape index (κ1) is 15.1. The molecule has 1 fully saturated rings. The Labute approximate surface area is 135 Å². The van der Waals surface area contributed by atoms with Crippen LogP contribution in [0.4, 0.5) is 5.69 Å². The molecule has 21 heavy (non-hydrogen) atoms. The van der Waals surface area contributed by atoms with Gasteiger partial charge in [0.2, 0.25) is 0 Å². The third-order valence-electron chi connectivity index (χ3n) is 4.61. The summed E-state index contributed by atoms with van der Waals surface area (Å²) in [7, 11) is 0. The molecule has 1 aliphatic heterocycles. The number of halogens is 1. The zero-order valence-electron chi connectivity index (χ0n) is 12.6. The SMILES string of the molecule is CCN1CCC(C(C)Nc2c(Cl)ccc3scnc23)CC1. The maximum atomic E-state index is 6.38. The number of piperidine rings is 1. The summed E-state index contributed by atoms with van der Waals surface area (Å²) in [5.41, 5.74) is 3.89. The van der Waals surface area contributed by atoms with Crippen LogP contribution in [-0.2, 0) is 0 Å². The summed E-state index contributed by atoms with van der Waals surface area (Å²) in [4.78, 5) is 6.99. The number of hydrogen-bond donors (Lipinski definition) is 1. The molecule has 0 aliphatic carbocycles. The molecule has 5 heteroatoms. The van der Waals surface area contributed by atoms with Gasteiger partial charge in [0, 0.05) is 6.04 Å². The van der Waals surface area contributed by atoms with Crippen molar-refractivity contribution < 1.29 is 0 Å². The van der Waals surface area contributed by atoms with Crippen LogP contribution in [0.1, 0.15) is 26.7 Å². The standard InChI is InChI=1S/C16H22ClN3S/c1-3-20-8-6-12(7-9-20)11(2)19-15-13(17)4-5-14-16(15)18-10-21-14/h4-5,10-12,19H,3,6-9H2,1-2H3. The zero-order valence-corrected chi connectivity index (χ0v) is 14.2. The number of thiazole rings is 1. The molecule has 1 saturated heterocycles. The van der Waals surface area contributed by atoms with Gasteiger partial charge in [0.25, 0.3) is 0 Å². The summed E-state index contributed by atoms with van der Waals surface area (Å²) in [6.07, 6.45) is 2.51. The molecule has 3 nitrogen and oxygen atoms in total. The predicted molar refractivity (Wildman–Crippen MR) is 92.6 cm³/mol. The second-order valence-electron chi connectivity index (χ2n) is 5.83. The molecule has 1 aliphatic rings. The smallest absolute Gasteiger partial charge is 0.106 e. The van der Waals surface area contributed by atoms with Gasteiger partial charge in [-0.1, -0.05) is 18.5 Å². The van der Waals surface area contributed by atoms with Crippen molar-refractivity contribution in [1.82, 2.24) is 9.88 Å². The molecule has 0 spiro atoms. The zero-order chi connectivity index (χ0) is 14.8. The fourth-order valence-electron chi connectivity index (χ4n) is 3.16. The summed E-state index contributed by atoms with van der Waals surface area (Å²) in [5.74, 6) is 0.706. The second kappa shape index (κ2) is 6.51. The molecule has 0 bridgehead atoms. The van der Waals surface area contributed by atoms with E-state index in [0.717, 1.165) is 16.2 Å². The van der Waals surface area contributed by atoms with E-state index in [0.29, 0.717) is 12.0 Å².